The van der Waals surface area contributed by atoms with Crippen LogP contribution in [0.2, 0.25) is 5.02 Å². The Balaban J connectivity index is 1.59. The van der Waals surface area contributed by atoms with Gasteiger partial charge < -0.3 is 14.0 Å². The van der Waals surface area contributed by atoms with Crippen LogP contribution in [-0.2, 0) is 9.47 Å². The van der Waals surface area contributed by atoms with Crippen molar-refractivity contribution in [2.75, 3.05) is 11.9 Å². The Bertz CT molecular complexity index is 1220. The van der Waals surface area contributed by atoms with Gasteiger partial charge in [0.25, 0.3) is 0 Å². The van der Waals surface area contributed by atoms with Crippen LogP contribution in [0.4, 0.5) is 10.5 Å². The SMILES string of the molecule is CC(C)(C)CCCCOC(=O)Nc1cccc(Cl)c1-n1c(C(=O)OC2CCCC2)cc2ccccc21. The molecule has 0 unspecified atom stereocenters. The molecule has 192 valence electrons. The van der Waals surface area contributed by atoms with E-state index in [1.54, 1.807) is 22.8 Å². The zero-order valence-corrected chi connectivity index (χ0v) is 22.1. The van der Waals surface area contributed by atoms with E-state index in [4.69, 9.17) is 21.1 Å². The molecule has 3 aromatic rings. The van der Waals surface area contributed by atoms with Crippen LogP contribution >= 0.6 is 11.6 Å². The fourth-order valence-corrected chi connectivity index (χ4v) is 4.93. The van der Waals surface area contributed by atoms with Gasteiger partial charge in [-0.05, 0) is 74.6 Å². The summed E-state index contributed by atoms with van der Waals surface area (Å²) in [6.45, 7) is 6.93. The van der Waals surface area contributed by atoms with E-state index in [0.29, 0.717) is 28.7 Å². The maximum atomic E-state index is 13.3. The number of rotatable bonds is 8. The monoisotopic (exact) mass is 510 g/mol. The molecule has 1 N–H and O–H groups in total. The number of esters is 1. The van der Waals surface area contributed by atoms with Crippen molar-refractivity contribution < 1.29 is 19.1 Å². The number of hydrogen-bond donors (Lipinski definition) is 1. The lowest BCUT2D eigenvalue weighted by molar-refractivity contribution is 0.0309. The van der Waals surface area contributed by atoms with Gasteiger partial charge in [-0.1, -0.05) is 56.6 Å². The zero-order valence-electron chi connectivity index (χ0n) is 21.3. The van der Waals surface area contributed by atoms with Crippen molar-refractivity contribution in [3.8, 4) is 5.69 Å². The molecular formula is C29H35ClN2O4. The van der Waals surface area contributed by atoms with E-state index < -0.39 is 12.1 Å². The largest absolute Gasteiger partial charge is 0.458 e. The summed E-state index contributed by atoms with van der Waals surface area (Å²) >= 11 is 6.67. The highest BCUT2D eigenvalue weighted by molar-refractivity contribution is 6.33. The number of benzene rings is 2. The van der Waals surface area contributed by atoms with Gasteiger partial charge in [-0.3, -0.25) is 5.32 Å². The summed E-state index contributed by atoms with van der Waals surface area (Å²) < 4.78 is 13.0. The fourth-order valence-electron chi connectivity index (χ4n) is 4.68. The quantitative estimate of drug-likeness (QED) is 0.245. The number of ether oxygens (including phenoxy) is 2. The van der Waals surface area contributed by atoms with Crippen LogP contribution in [0.15, 0.2) is 48.5 Å². The van der Waals surface area contributed by atoms with Crippen molar-refractivity contribution in [1.82, 2.24) is 4.57 Å². The third kappa shape index (κ3) is 6.41. The number of carbonyl (C=O) groups excluding carboxylic acids is 2. The molecule has 0 saturated heterocycles. The van der Waals surface area contributed by atoms with Crippen LogP contribution in [0.3, 0.4) is 0 Å². The van der Waals surface area contributed by atoms with E-state index >= 15 is 0 Å². The highest BCUT2D eigenvalue weighted by Gasteiger charge is 2.26. The molecule has 1 aliphatic carbocycles. The molecule has 1 fully saturated rings. The third-order valence-corrected chi connectivity index (χ3v) is 6.80. The van der Waals surface area contributed by atoms with Crippen LogP contribution in [0.5, 0.6) is 0 Å². The van der Waals surface area contributed by atoms with Crippen molar-refractivity contribution in [2.24, 2.45) is 5.41 Å². The summed E-state index contributed by atoms with van der Waals surface area (Å²) in [5.41, 5.74) is 2.38. The van der Waals surface area contributed by atoms with Gasteiger partial charge in [0.2, 0.25) is 0 Å². The lowest BCUT2D eigenvalue weighted by atomic mass is 9.90. The average Bonchev–Trinajstić information content (AvgIpc) is 3.46. The minimum Gasteiger partial charge on any atom is -0.458 e. The lowest BCUT2D eigenvalue weighted by Crippen LogP contribution is -2.19. The number of carbonyl (C=O) groups is 2. The number of hydrogen-bond acceptors (Lipinski definition) is 4. The minimum atomic E-state index is -0.555. The molecule has 1 amide bonds. The molecule has 1 aliphatic rings. The predicted molar refractivity (Wildman–Crippen MR) is 144 cm³/mol. The van der Waals surface area contributed by atoms with Crippen LogP contribution in [0, 0.1) is 5.41 Å². The van der Waals surface area contributed by atoms with Crippen LogP contribution < -0.4 is 5.32 Å². The molecule has 1 aromatic heterocycles. The summed E-state index contributed by atoms with van der Waals surface area (Å²) in [6.07, 6.45) is 6.13. The van der Waals surface area contributed by atoms with E-state index in [9.17, 15) is 9.59 Å². The molecule has 7 heteroatoms. The molecule has 36 heavy (non-hydrogen) atoms. The van der Waals surface area contributed by atoms with Crippen LogP contribution in [0.1, 0.15) is 76.2 Å². The highest BCUT2D eigenvalue weighted by atomic mass is 35.5. The summed E-state index contributed by atoms with van der Waals surface area (Å²) in [5, 5.41) is 4.11. The summed E-state index contributed by atoms with van der Waals surface area (Å²) in [7, 11) is 0. The summed E-state index contributed by atoms with van der Waals surface area (Å²) in [5.74, 6) is -0.398. The topological polar surface area (TPSA) is 69.6 Å². The van der Waals surface area contributed by atoms with Gasteiger partial charge in [0.1, 0.15) is 11.8 Å². The Hall–Kier alpha value is -2.99. The van der Waals surface area contributed by atoms with Crippen molar-refractivity contribution >= 4 is 40.3 Å². The van der Waals surface area contributed by atoms with Crippen LogP contribution in [0.25, 0.3) is 16.6 Å². The Kier molecular flexibility index (Phi) is 8.24. The first-order valence-electron chi connectivity index (χ1n) is 12.8. The molecule has 0 atom stereocenters. The van der Waals surface area contributed by atoms with Gasteiger partial charge in [-0.25, -0.2) is 9.59 Å². The summed E-state index contributed by atoms with van der Waals surface area (Å²) in [4.78, 5) is 25.9. The number of nitrogens with zero attached hydrogens (tertiary/aromatic N) is 1. The van der Waals surface area contributed by atoms with Gasteiger partial charge >= 0.3 is 12.1 Å². The summed E-state index contributed by atoms with van der Waals surface area (Å²) in [6, 6.07) is 14.7. The molecule has 6 nitrogen and oxygen atoms in total. The van der Waals surface area contributed by atoms with E-state index in [1.165, 1.54) is 0 Å². The first-order valence-corrected chi connectivity index (χ1v) is 13.1. The van der Waals surface area contributed by atoms with E-state index in [-0.39, 0.29) is 11.5 Å². The average molecular weight is 511 g/mol. The molecule has 0 radical (unpaired) electrons. The fraction of sp³-hybridized carbons (Fsp3) is 0.448. The second-order valence-corrected chi connectivity index (χ2v) is 11.1. The second-order valence-electron chi connectivity index (χ2n) is 10.7. The molecular weight excluding hydrogens is 476 g/mol. The standard InChI is InChI=1S/C29H35ClN2O4/c1-29(2,3)17-8-9-18-35-28(34)31-23-15-10-14-22(30)26(23)32-24-16-7-4-11-20(24)19-25(32)27(33)36-21-12-5-6-13-21/h4,7,10-11,14-16,19,21H,5-6,8-9,12-13,17-18H2,1-3H3,(H,31,34). The number of para-hydroxylation sites is 2. The van der Waals surface area contributed by atoms with Crippen molar-refractivity contribution in [3.05, 3.63) is 59.2 Å². The van der Waals surface area contributed by atoms with Gasteiger partial charge in [-0.15, -0.1) is 0 Å². The third-order valence-electron chi connectivity index (χ3n) is 6.50. The predicted octanol–water partition coefficient (Wildman–Crippen LogP) is 8.15. The Morgan fingerprint density at radius 3 is 2.56 bits per heavy atom. The zero-order chi connectivity index (χ0) is 25.7. The van der Waals surface area contributed by atoms with Gasteiger partial charge in [0.15, 0.2) is 0 Å². The molecule has 0 bridgehead atoms. The normalized spacial score (nSPS) is 14.2. The second kappa shape index (κ2) is 11.4. The molecule has 2 aromatic carbocycles. The number of nitrogens with one attached hydrogen (secondary N) is 1. The van der Waals surface area contributed by atoms with Crippen molar-refractivity contribution in [1.29, 1.82) is 0 Å². The number of halogens is 1. The Morgan fingerprint density at radius 2 is 1.81 bits per heavy atom. The number of fused-ring (bicyclic) bond motifs is 1. The molecule has 4 rings (SSSR count). The molecule has 1 heterocycles. The van der Waals surface area contributed by atoms with Gasteiger partial charge in [0, 0.05) is 5.39 Å². The molecule has 0 aliphatic heterocycles. The number of anilines is 1. The number of amides is 1. The maximum Gasteiger partial charge on any atom is 0.411 e. The first-order chi connectivity index (χ1) is 17.2. The van der Waals surface area contributed by atoms with E-state index in [0.717, 1.165) is 55.8 Å². The Labute approximate surface area is 217 Å². The van der Waals surface area contributed by atoms with E-state index in [2.05, 4.69) is 26.1 Å². The number of aromatic nitrogens is 1. The smallest absolute Gasteiger partial charge is 0.411 e. The van der Waals surface area contributed by atoms with Gasteiger partial charge in [0.05, 0.1) is 28.5 Å². The van der Waals surface area contributed by atoms with E-state index in [1.807, 2.05) is 30.3 Å². The van der Waals surface area contributed by atoms with Crippen molar-refractivity contribution in [2.45, 2.75) is 71.8 Å². The minimum absolute atomic E-state index is 0.0685. The highest BCUT2D eigenvalue weighted by Crippen LogP contribution is 2.35. The van der Waals surface area contributed by atoms with Crippen LogP contribution in [-0.4, -0.2) is 29.3 Å². The Morgan fingerprint density at radius 1 is 1.06 bits per heavy atom. The lowest BCUT2D eigenvalue weighted by Gasteiger charge is -2.19. The number of unbranched alkanes of at least 4 members (excludes halogenated alkanes) is 1. The molecule has 0 spiro atoms. The maximum absolute atomic E-state index is 13.3. The molecule has 1 saturated carbocycles. The first kappa shape index (κ1) is 26.1. The van der Waals surface area contributed by atoms with Gasteiger partial charge in [-0.2, -0.15) is 0 Å². The van der Waals surface area contributed by atoms with Crippen molar-refractivity contribution in [3.63, 3.8) is 0 Å².